The number of benzene rings is 2. The molecule has 1 N–H and O–H groups in total. The van der Waals surface area contributed by atoms with Crippen molar-refractivity contribution in [2.24, 2.45) is 0 Å². The number of fused-ring (bicyclic) bond motifs is 3. The molecule has 1 aliphatic carbocycles. The molecule has 5 nitrogen and oxygen atoms in total. The topological polar surface area (TPSA) is 68.5 Å². The van der Waals surface area contributed by atoms with Crippen LogP contribution in [0.5, 0.6) is 5.75 Å². The van der Waals surface area contributed by atoms with Crippen LogP contribution in [0.3, 0.4) is 0 Å². The first-order chi connectivity index (χ1) is 13.4. The van der Waals surface area contributed by atoms with E-state index in [1.54, 1.807) is 18.2 Å². The van der Waals surface area contributed by atoms with Gasteiger partial charge in [0.1, 0.15) is 11.3 Å². The molecule has 2 aromatic carbocycles. The molecule has 7 heteroatoms. The Kier molecular flexibility index (Phi) is 5.04. The van der Waals surface area contributed by atoms with Crippen LogP contribution in [0.2, 0.25) is 10.0 Å². The van der Waals surface area contributed by atoms with E-state index in [1.165, 1.54) is 0 Å². The van der Waals surface area contributed by atoms with Gasteiger partial charge in [0.15, 0.2) is 6.61 Å². The highest BCUT2D eigenvalue weighted by Gasteiger charge is 2.21. The van der Waals surface area contributed by atoms with Crippen molar-refractivity contribution >= 4 is 45.8 Å². The summed E-state index contributed by atoms with van der Waals surface area (Å²) in [5, 5.41) is 4.41. The van der Waals surface area contributed by atoms with E-state index in [0.717, 1.165) is 35.8 Å². The quantitative estimate of drug-likeness (QED) is 0.611. The summed E-state index contributed by atoms with van der Waals surface area (Å²) in [4.78, 5) is 24.4. The number of hydrogen-bond acceptors (Lipinski definition) is 4. The second-order valence-corrected chi connectivity index (χ2v) is 7.55. The maximum atomic E-state index is 12.2. The van der Waals surface area contributed by atoms with E-state index in [-0.39, 0.29) is 18.1 Å². The van der Waals surface area contributed by atoms with Gasteiger partial charge in [0.25, 0.3) is 5.91 Å². The zero-order valence-electron chi connectivity index (χ0n) is 15.1. The highest BCUT2D eigenvalue weighted by molar-refractivity contribution is 6.42. The normalized spacial score (nSPS) is 12.8. The Morgan fingerprint density at radius 3 is 2.71 bits per heavy atom. The van der Waals surface area contributed by atoms with E-state index in [1.807, 2.05) is 19.1 Å². The monoisotopic (exact) mass is 417 g/mol. The van der Waals surface area contributed by atoms with Crippen LogP contribution in [-0.2, 0) is 17.6 Å². The number of carbonyl (C=O) groups excluding carboxylic acids is 1. The van der Waals surface area contributed by atoms with Crippen LogP contribution >= 0.6 is 23.2 Å². The zero-order chi connectivity index (χ0) is 19.8. The molecule has 1 aliphatic rings. The van der Waals surface area contributed by atoms with Crippen LogP contribution in [0.4, 0.5) is 5.69 Å². The van der Waals surface area contributed by atoms with Gasteiger partial charge in [0, 0.05) is 22.2 Å². The minimum absolute atomic E-state index is 0.193. The molecule has 0 atom stereocenters. The van der Waals surface area contributed by atoms with Gasteiger partial charge in [0.2, 0.25) is 0 Å². The summed E-state index contributed by atoms with van der Waals surface area (Å²) in [6, 6.07) is 8.53. The molecule has 0 unspecified atom stereocenters. The molecular weight excluding hydrogens is 401 g/mol. The molecule has 0 radical (unpaired) electrons. The molecule has 28 heavy (non-hydrogen) atoms. The minimum atomic E-state index is -0.340. The van der Waals surface area contributed by atoms with Crippen LogP contribution < -0.4 is 15.7 Å². The fraction of sp³-hybridized carbons (Fsp3) is 0.238. The largest absolute Gasteiger partial charge is 0.483 e. The van der Waals surface area contributed by atoms with Crippen molar-refractivity contribution in [2.45, 2.75) is 26.2 Å². The lowest BCUT2D eigenvalue weighted by molar-refractivity contribution is -0.118. The highest BCUT2D eigenvalue weighted by atomic mass is 35.5. The zero-order valence-corrected chi connectivity index (χ0v) is 16.6. The number of hydrogen-bond donors (Lipinski definition) is 1. The third-order valence-corrected chi connectivity index (χ3v) is 5.64. The number of carbonyl (C=O) groups is 1. The Bertz CT molecular complexity index is 1150. The van der Waals surface area contributed by atoms with Crippen molar-refractivity contribution in [2.75, 3.05) is 11.9 Å². The molecule has 144 valence electrons. The predicted octanol–water partition coefficient (Wildman–Crippen LogP) is 4.91. The van der Waals surface area contributed by atoms with Crippen molar-refractivity contribution in [3.8, 4) is 5.75 Å². The van der Waals surface area contributed by atoms with E-state index >= 15 is 0 Å². The number of aryl methyl sites for hydroxylation is 2. The van der Waals surface area contributed by atoms with Crippen molar-refractivity contribution in [1.82, 2.24) is 0 Å². The average Bonchev–Trinajstić information content (AvgIpc) is 3.16. The van der Waals surface area contributed by atoms with Crippen molar-refractivity contribution in [3.63, 3.8) is 0 Å². The van der Waals surface area contributed by atoms with Crippen LogP contribution in [0.25, 0.3) is 11.0 Å². The van der Waals surface area contributed by atoms with Gasteiger partial charge in [-0.15, -0.1) is 0 Å². The molecule has 1 amide bonds. The molecule has 3 aromatic rings. The van der Waals surface area contributed by atoms with E-state index in [9.17, 15) is 9.59 Å². The average molecular weight is 418 g/mol. The lowest BCUT2D eigenvalue weighted by Gasteiger charge is -2.12. The summed E-state index contributed by atoms with van der Waals surface area (Å²) < 4.78 is 11.2. The first kappa shape index (κ1) is 18.8. The second kappa shape index (κ2) is 7.49. The lowest BCUT2D eigenvalue weighted by atomic mass is 10.0. The predicted molar refractivity (Wildman–Crippen MR) is 110 cm³/mol. The Hall–Kier alpha value is -2.50. The molecule has 0 fully saturated rings. The molecule has 0 bridgehead atoms. The van der Waals surface area contributed by atoms with Gasteiger partial charge in [-0.3, -0.25) is 4.79 Å². The second-order valence-electron chi connectivity index (χ2n) is 6.73. The minimum Gasteiger partial charge on any atom is -0.483 e. The van der Waals surface area contributed by atoms with Crippen LogP contribution in [0.1, 0.15) is 23.1 Å². The Balaban J connectivity index is 1.53. The molecule has 1 heterocycles. The van der Waals surface area contributed by atoms with E-state index in [4.69, 9.17) is 32.4 Å². The molecule has 0 aliphatic heterocycles. The SMILES string of the molecule is Cc1c(OCC(=O)Nc2ccc(Cl)c(Cl)c2)ccc2c3c(c(=O)oc12)CCC3. The van der Waals surface area contributed by atoms with E-state index in [2.05, 4.69) is 5.32 Å². The van der Waals surface area contributed by atoms with Gasteiger partial charge in [0.05, 0.1) is 10.0 Å². The fourth-order valence-electron chi connectivity index (χ4n) is 3.53. The first-order valence-electron chi connectivity index (χ1n) is 8.90. The van der Waals surface area contributed by atoms with Crippen molar-refractivity contribution in [3.05, 3.63) is 67.5 Å². The Morgan fingerprint density at radius 1 is 1.14 bits per heavy atom. The van der Waals surface area contributed by atoms with Crippen molar-refractivity contribution in [1.29, 1.82) is 0 Å². The fourth-order valence-corrected chi connectivity index (χ4v) is 3.83. The summed E-state index contributed by atoms with van der Waals surface area (Å²) in [5.41, 5.74) is 3.32. The number of rotatable bonds is 4. The smallest absolute Gasteiger partial charge is 0.339 e. The number of amides is 1. The summed E-state index contributed by atoms with van der Waals surface area (Å²) in [6.45, 7) is 1.63. The number of halogens is 2. The Morgan fingerprint density at radius 2 is 1.93 bits per heavy atom. The summed E-state index contributed by atoms with van der Waals surface area (Å²) in [6.07, 6.45) is 2.61. The molecule has 0 spiro atoms. The molecular formula is C21H17Cl2NO4. The lowest BCUT2D eigenvalue weighted by Crippen LogP contribution is -2.20. The number of anilines is 1. The van der Waals surface area contributed by atoms with Crippen molar-refractivity contribution < 1.29 is 13.9 Å². The van der Waals surface area contributed by atoms with Gasteiger partial charge in [-0.25, -0.2) is 4.79 Å². The van der Waals surface area contributed by atoms with Crippen LogP contribution in [0.15, 0.2) is 39.5 Å². The van der Waals surface area contributed by atoms with E-state index in [0.29, 0.717) is 32.6 Å². The van der Waals surface area contributed by atoms with Gasteiger partial charge < -0.3 is 14.5 Å². The van der Waals surface area contributed by atoms with Gasteiger partial charge in [-0.1, -0.05) is 23.2 Å². The first-order valence-corrected chi connectivity index (χ1v) is 9.65. The summed E-state index contributed by atoms with van der Waals surface area (Å²) in [7, 11) is 0. The number of nitrogens with one attached hydrogen (secondary N) is 1. The van der Waals surface area contributed by atoms with Crippen LogP contribution in [-0.4, -0.2) is 12.5 Å². The number of ether oxygens (including phenoxy) is 1. The summed E-state index contributed by atoms with van der Waals surface area (Å²) >= 11 is 11.8. The van der Waals surface area contributed by atoms with Gasteiger partial charge in [-0.05, 0) is 62.1 Å². The van der Waals surface area contributed by atoms with Gasteiger partial charge in [-0.2, -0.15) is 0 Å². The molecule has 4 rings (SSSR count). The Labute approximate surface area is 171 Å². The maximum Gasteiger partial charge on any atom is 0.339 e. The maximum absolute atomic E-state index is 12.2. The third-order valence-electron chi connectivity index (χ3n) is 4.90. The highest BCUT2D eigenvalue weighted by Crippen LogP contribution is 2.33. The standard InChI is InChI=1S/C21H17Cl2NO4/c1-11-18(27-10-19(25)24-12-5-7-16(22)17(23)9-12)8-6-14-13-3-2-4-15(13)21(26)28-20(11)14/h5-9H,2-4,10H2,1H3,(H,24,25). The summed E-state index contributed by atoms with van der Waals surface area (Å²) in [5.74, 6) is 0.158. The van der Waals surface area contributed by atoms with Gasteiger partial charge >= 0.3 is 5.63 Å². The molecule has 0 saturated carbocycles. The van der Waals surface area contributed by atoms with Crippen LogP contribution in [0, 0.1) is 6.92 Å². The van der Waals surface area contributed by atoms with E-state index < -0.39 is 0 Å². The molecule has 0 saturated heterocycles. The third kappa shape index (κ3) is 3.48. The molecule has 1 aromatic heterocycles.